The van der Waals surface area contributed by atoms with Crippen LogP contribution >= 0.6 is 0 Å². The summed E-state index contributed by atoms with van der Waals surface area (Å²) in [4.78, 5) is 53.9. The fourth-order valence-corrected chi connectivity index (χ4v) is 2.33. The quantitative estimate of drug-likeness (QED) is 0.690. The number of imide groups is 1. The standard InChI is InChI=1S/C17H18N4O5/c1-10(22)21(14(23)3-2-8-18)12-6-4-11(5-7-12)15-19-9-13(17(25)26)16(24)20-15/h4-7,9H,2-3,8,18H2,1H3,(H,25,26)(H,19,20,24). The molecule has 0 aliphatic heterocycles. The molecule has 0 unspecified atom stereocenters. The maximum Gasteiger partial charge on any atom is 0.342 e. The Hall–Kier alpha value is -3.33. The molecule has 9 heteroatoms. The van der Waals surface area contributed by atoms with E-state index in [-0.39, 0.29) is 18.2 Å². The van der Waals surface area contributed by atoms with Crippen LogP contribution in [0, 0.1) is 0 Å². The summed E-state index contributed by atoms with van der Waals surface area (Å²) in [6.07, 6.45) is 1.60. The second kappa shape index (κ2) is 8.17. The Morgan fingerprint density at radius 3 is 2.38 bits per heavy atom. The van der Waals surface area contributed by atoms with E-state index < -0.39 is 23.0 Å². The molecule has 1 aromatic heterocycles. The number of benzene rings is 1. The summed E-state index contributed by atoms with van der Waals surface area (Å²) in [5, 5.41) is 8.85. The Morgan fingerprint density at radius 1 is 1.23 bits per heavy atom. The van der Waals surface area contributed by atoms with Gasteiger partial charge in [0.2, 0.25) is 11.8 Å². The topological polar surface area (TPSA) is 146 Å². The monoisotopic (exact) mass is 358 g/mol. The first-order valence-corrected chi connectivity index (χ1v) is 7.81. The molecule has 0 aliphatic rings. The fraction of sp³-hybridized carbons (Fsp3) is 0.235. The second-order valence-corrected chi connectivity index (χ2v) is 5.47. The van der Waals surface area contributed by atoms with Gasteiger partial charge < -0.3 is 15.8 Å². The number of amides is 2. The predicted molar refractivity (Wildman–Crippen MR) is 93.7 cm³/mol. The lowest BCUT2D eigenvalue weighted by atomic mass is 10.1. The summed E-state index contributed by atoms with van der Waals surface area (Å²) in [5.74, 6) is -1.96. The minimum absolute atomic E-state index is 0.156. The molecule has 26 heavy (non-hydrogen) atoms. The van der Waals surface area contributed by atoms with Gasteiger partial charge in [0.25, 0.3) is 5.56 Å². The third-order valence-electron chi connectivity index (χ3n) is 3.59. The Labute approximate surface area is 148 Å². The van der Waals surface area contributed by atoms with Gasteiger partial charge in [-0.15, -0.1) is 0 Å². The van der Waals surface area contributed by atoms with Crippen LogP contribution in [-0.4, -0.2) is 39.4 Å². The van der Waals surface area contributed by atoms with Gasteiger partial charge in [-0.1, -0.05) is 0 Å². The van der Waals surface area contributed by atoms with Crippen LogP contribution in [-0.2, 0) is 9.59 Å². The molecule has 0 saturated heterocycles. The number of rotatable bonds is 6. The number of H-pyrrole nitrogens is 1. The van der Waals surface area contributed by atoms with Crippen LogP contribution in [0.1, 0.15) is 30.1 Å². The van der Waals surface area contributed by atoms with Crippen molar-refractivity contribution in [3.05, 3.63) is 46.4 Å². The van der Waals surface area contributed by atoms with Crippen molar-refractivity contribution in [2.24, 2.45) is 5.73 Å². The van der Waals surface area contributed by atoms with E-state index >= 15 is 0 Å². The lowest BCUT2D eigenvalue weighted by Gasteiger charge is -2.19. The van der Waals surface area contributed by atoms with Crippen molar-refractivity contribution in [3.8, 4) is 11.4 Å². The molecule has 136 valence electrons. The number of nitrogens with two attached hydrogens (primary N) is 1. The summed E-state index contributed by atoms with van der Waals surface area (Å²) in [7, 11) is 0. The molecule has 0 bridgehead atoms. The number of nitrogens with zero attached hydrogens (tertiary/aromatic N) is 2. The summed E-state index contributed by atoms with van der Waals surface area (Å²) >= 11 is 0. The van der Waals surface area contributed by atoms with Gasteiger partial charge in [0.15, 0.2) is 0 Å². The van der Waals surface area contributed by atoms with Crippen molar-refractivity contribution in [2.75, 3.05) is 11.4 Å². The predicted octanol–water partition coefficient (Wildman–Crippen LogP) is 0.754. The van der Waals surface area contributed by atoms with Crippen molar-refractivity contribution in [1.29, 1.82) is 0 Å². The lowest BCUT2D eigenvalue weighted by molar-refractivity contribution is -0.125. The molecule has 0 spiro atoms. The molecule has 4 N–H and O–H groups in total. The summed E-state index contributed by atoms with van der Waals surface area (Å²) in [6.45, 7) is 1.64. The number of aromatic amines is 1. The zero-order valence-electron chi connectivity index (χ0n) is 14.1. The number of carboxylic acids is 1. The molecule has 0 saturated carbocycles. The summed E-state index contributed by atoms with van der Waals surface area (Å²) in [6, 6.07) is 6.23. The minimum Gasteiger partial charge on any atom is -0.477 e. The number of aromatic carboxylic acids is 1. The molecule has 1 aromatic carbocycles. The first-order valence-electron chi connectivity index (χ1n) is 7.81. The van der Waals surface area contributed by atoms with Crippen LogP contribution in [0.15, 0.2) is 35.3 Å². The van der Waals surface area contributed by atoms with Gasteiger partial charge in [-0.05, 0) is 37.2 Å². The van der Waals surface area contributed by atoms with Gasteiger partial charge in [-0.25, -0.2) is 9.78 Å². The minimum atomic E-state index is -1.37. The average molecular weight is 358 g/mol. The number of carbonyl (C=O) groups excluding carboxylic acids is 2. The maximum atomic E-state index is 12.2. The molecule has 0 fully saturated rings. The molecule has 1 heterocycles. The van der Waals surface area contributed by atoms with E-state index in [0.717, 1.165) is 11.1 Å². The number of carboxylic acid groups (broad SMARTS) is 1. The Balaban J connectivity index is 2.30. The van der Waals surface area contributed by atoms with E-state index in [1.54, 1.807) is 24.3 Å². The second-order valence-electron chi connectivity index (χ2n) is 5.47. The smallest absolute Gasteiger partial charge is 0.342 e. The van der Waals surface area contributed by atoms with E-state index in [4.69, 9.17) is 10.8 Å². The van der Waals surface area contributed by atoms with Crippen molar-refractivity contribution < 1.29 is 19.5 Å². The van der Waals surface area contributed by atoms with E-state index in [2.05, 4.69) is 9.97 Å². The number of hydrogen-bond donors (Lipinski definition) is 3. The molecule has 0 aliphatic carbocycles. The number of nitrogens with one attached hydrogen (secondary N) is 1. The van der Waals surface area contributed by atoms with Crippen molar-refractivity contribution in [1.82, 2.24) is 9.97 Å². The van der Waals surface area contributed by atoms with Crippen LogP contribution < -0.4 is 16.2 Å². The lowest BCUT2D eigenvalue weighted by Crippen LogP contribution is -2.35. The zero-order valence-corrected chi connectivity index (χ0v) is 14.1. The number of carbonyl (C=O) groups is 3. The highest BCUT2D eigenvalue weighted by Gasteiger charge is 2.19. The SMILES string of the molecule is CC(=O)N(C(=O)CCCN)c1ccc(-c2ncc(C(=O)O)c(=O)[nH]2)cc1. The molecule has 2 rings (SSSR count). The molecular formula is C17H18N4O5. The normalized spacial score (nSPS) is 10.4. The Kier molecular flexibility index (Phi) is 5.97. The van der Waals surface area contributed by atoms with Crippen LogP contribution in [0.3, 0.4) is 0 Å². The van der Waals surface area contributed by atoms with Crippen molar-refractivity contribution in [3.63, 3.8) is 0 Å². The first kappa shape index (κ1) is 19.0. The van der Waals surface area contributed by atoms with Gasteiger partial charge in [-0.2, -0.15) is 0 Å². The fourth-order valence-electron chi connectivity index (χ4n) is 2.33. The Morgan fingerprint density at radius 2 is 1.88 bits per heavy atom. The van der Waals surface area contributed by atoms with Crippen molar-refractivity contribution >= 4 is 23.5 Å². The van der Waals surface area contributed by atoms with Crippen molar-refractivity contribution in [2.45, 2.75) is 19.8 Å². The summed E-state index contributed by atoms with van der Waals surface area (Å²) in [5.41, 5.74) is 5.04. The largest absolute Gasteiger partial charge is 0.477 e. The van der Waals surface area contributed by atoms with Gasteiger partial charge in [-0.3, -0.25) is 19.3 Å². The highest BCUT2D eigenvalue weighted by Crippen LogP contribution is 2.21. The third kappa shape index (κ3) is 4.19. The number of anilines is 1. The van der Waals surface area contributed by atoms with Crippen LogP contribution in [0.25, 0.3) is 11.4 Å². The zero-order chi connectivity index (χ0) is 19.3. The molecule has 2 aromatic rings. The highest BCUT2D eigenvalue weighted by atomic mass is 16.4. The number of aromatic nitrogens is 2. The third-order valence-corrected chi connectivity index (χ3v) is 3.59. The number of hydrogen-bond acceptors (Lipinski definition) is 6. The molecule has 2 amide bonds. The molecule has 0 atom stereocenters. The van der Waals surface area contributed by atoms with E-state index in [0.29, 0.717) is 24.2 Å². The van der Waals surface area contributed by atoms with E-state index in [1.807, 2.05) is 0 Å². The van der Waals surface area contributed by atoms with Crippen LogP contribution in [0.5, 0.6) is 0 Å². The van der Waals surface area contributed by atoms with Gasteiger partial charge in [0.05, 0.1) is 5.69 Å². The average Bonchev–Trinajstić information content (AvgIpc) is 2.60. The van der Waals surface area contributed by atoms with Gasteiger partial charge in [0.1, 0.15) is 11.4 Å². The highest BCUT2D eigenvalue weighted by molar-refractivity contribution is 6.14. The van der Waals surface area contributed by atoms with Gasteiger partial charge in [0, 0.05) is 25.1 Å². The Bertz CT molecular complexity index is 889. The van der Waals surface area contributed by atoms with E-state index in [1.165, 1.54) is 6.92 Å². The van der Waals surface area contributed by atoms with Crippen LogP contribution in [0.2, 0.25) is 0 Å². The molecular weight excluding hydrogens is 340 g/mol. The molecule has 0 radical (unpaired) electrons. The van der Waals surface area contributed by atoms with Gasteiger partial charge >= 0.3 is 5.97 Å². The summed E-state index contributed by atoms with van der Waals surface area (Å²) < 4.78 is 0. The molecule has 9 nitrogen and oxygen atoms in total. The first-order chi connectivity index (χ1) is 12.3. The van der Waals surface area contributed by atoms with E-state index in [9.17, 15) is 19.2 Å². The maximum absolute atomic E-state index is 12.2. The van der Waals surface area contributed by atoms with Crippen LogP contribution in [0.4, 0.5) is 5.69 Å².